The van der Waals surface area contributed by atoms with Gasteiger partial charge in [-0.25, -0.2) is 23.6 Å². The summed E-state index contributed by atoms with van der Waals surface area (Å²) in [6.45, 7) is 0. The zero-order valence-electron chi connectivity index (χ0n) is 5.14. The van der Waals surface area contributed by atoms with Crippen LogP contribution in [-0.4, -0.2) is 10.2 Å². The molecule has 0 fully saturated rings. The summed E-state index contributed by atoms with van der Waals surface area (Å²) in [7, 11) is -4.94. The van der Waals surface area contributed by atoms with Crippen molar-refractivity contribution in [3.05, 3.63) is 18.7 Å². The van der Waals surface area contributed by atoms with Crippen molar-refractivity contribution >= 4 is 0 Å². The van der Waals surface area contributed by atoms with E-state index in [9.17, 15) is 0 Å². The van der Waals surface area contributed by atoms with Gasteiger partial charge in [-0.15, -0.1) is 10.2 Å². The van der Waals surface area contributed by atoms with Crippen LogP contribution in [0.1, 0.15) is 0 Å². The fourth-order valence-electron chi connectivity index (χ4n) is 0.225. The predicted octanol–water partition coefficient (Wildman–Crippen LogP) is -5.47. The summed E-state index contributed by atoms with van der Waals surface area (Å²) in [5.74, 6) is 0. The zero-order valence-corrected chi connectivity index (χ0v) is 5.89. The molecule has 1 rings (SSSR count). The second-order valence-electron chi connectivity index (χ2n) is 1.22. The van der Waals surface area contributed by atoms with Gasteiger partial charge in [-0.3, -0.25) is 0 Å². The standard InChI is InChI=1S/C3H3N3.ClHO4/c1-2-5-6-3-4-1;2-1(3,4)5/h1-3H;(H,2,3,4,5). The highest BCUT2D eigenvalue weighted by Gasteiger charge is 1.84. The first-order chi connectivity index (χ1) is 5.00. The second-order valence-corrected chi connectivity index (χ2v) is 1.98. The van der Waals surface area contributed by atoms with E-state index < -0.39 is 10.2 Å². The van der Waals surface area contributed by atoms with Crippen molar-refractivity contribution in [1.29, 1.82) is 0 Å². The summed E-state index contributed by atoms with van der Waals surface area (Å²) in [6.07, 6.45) is 4.80. The topological polar surface area (TPSA) is 132 Å². The van der Waals surface area contributed by atoms with Gasteiger partial charge in [-0.05, 0) is 5.10 Å². The maximum Gasteiger partial charge on any atom is 0.312 e. The molecule has 7 nitrogen and oxygen atoms in total. The molecular formula is C3H4ClN3O4. The Hall–Kier alpha value is -0.860. The number of nitrogens with zero attached hydrogens (tertiary/aromatic N) is 2. The van der Waals surface area contributed by atoms with Crippen LogP contribution >= 0.6 is 0 Å². The van der Waals surface area contributed by atoms with E-state index in [1.165, 1.54) is 6.33 Å². The number of nitrogens with one attached hydrogen (secondary N) is 1. The molecule has 0 aliphatic heterocycles. The zero-order chi connectivity index (χ0) is 8.74. The van der Waals surface area contributed by atoms with E-state index in [0.717, 1.165) is 0 Å². The summed E-state index contributed by atoms with van der Waals surface area (Å²) < 4.78 is 34.0. The quantitative estimate of drug-likeness (QED) is 0.392. The van der Waals surface area contributed by atoms with Crippen molar-refractivity contribution in [2.45, 2.75) is 0 Å². The van der Waals surface area contributed by atoms with Crippen molar-refractivity contribution in [2.24, 2.45) is 0 Å². The summed E-state index contributed by atoms with van der Waals surface area (Å²) in [5, 5.41) is 6.98. The lowest BCUT2D eigenvalue weighted by atomic mass is 10.9. The fourth-order valence-corrected chi connectivity index (χ4v) is 0.225. The summed E-state index contributed by atoms with van der Waals surface area (Å²) in [4.78, 5) is 2.72. The molecule has 0 saturated carbocycles. The van der Waals surface area contributed by atoms with Crippen molar-refractivity contribution in [3.63, 3.8) is 0 Å². The molecule has 0 saturated heterocycles. The van der Waals surface area contributed by atoms with Gasteiger partial charge in [0.15, 0.2) is 0 Å². The van der Waals surface area contributed by atoms with E-state index in [1.807, 2.05) is 0 Å². The van der Waals surface area contributed by atoms with Gasteiger partial charge in [0.1, 0.15) is 12.4 Å². The summed E-state index contributed by atoms with van der Waals surface area (Å²) in [6, 6.07) is 0. The predicted molar refractivity (Wildman–Crippen MR) is 18.6 cm³/mol. The Morgan fingerprint density at radius 1 is 1.09 bits per heavy atom. The molecule has 0 atom stereocenters. The molecule has 0 aromatic carbocycles. The van der Waals surface area contributed by atoms with Crippen LogP contribution in [0.3, 0.4) is 0 Å². The van der Waals surface area contributed by atoms with Crippen LogP contribution in [-0.2, 0) is 0 Å². The molecule has 11 heavy (non-hydrogen) atoms. The first-order valence-electron chi connectivity index (χ1n) is 2.24. The molecule has 0 unspecified atom stereocenters. The maximum atomic E-state index is 8.49. The molecule has 0 bridgehead atoms. The molecule has 0 aliphatic carbocycles. The van der Waals surface area contributed by atoms with Gasteiger partial charge in [0.05, 0.1) is 5.10 Å². The highest BCUT2D eigenvalue weighted by atomic mass is 35.7. The largest absolute Gasteiger partial charge is 0.312 e. The maximum absolute atomic E-state index is 8.49. The first-order valence-corrected chi connectivity index (χ1v) is 3.48. The van der Waals surface area contributed by atoms with Crippen molar-refractivity contribution < 1.29 is 33.9 Å². The Labute approximate surface area is 63.7 Å². The van der Waals surface area contributed by atoms with E-state index in [2.05, 4.69) is 15.2 Å². The average Bonchev–Trinajstić information content (AvgIpc) is 1.88. The lowest BCUT2D eigenvalue weighted by Gasteiger charge is -2.17. The van der Waals surface area contributed by atoms with Crippen LogP contribution in [0.25, 0.3) is 0 Å². The number of rotatable bonds is 0. The van der Waals surface area contributed by atoms with Crippen LogP contribution < -0.4 is 23.6 Å². The van der Waals surface area contributed by atoms with Gasteiger partial charge < -0.3 is 0 Å². The Kier molecular flexibility index (Phi) is 4.50. The van der Waals surface area contributed by atoms with E-state index in [-0.39, 0.29) is 0 Å². The van der Waals surface area contributed by atoms with Crippen molar-refractivity contribution in [2.75, 3.05) is 0 Å². The highest BCUT2D eigenvalue weighted by Crippen LogP contribution is 1.51. The SMILES string of the molecule is [O-][Cl+3]([O-])([O-])[O-].c1c[nH+]cnn1. The number of halogens is 1. The Balaban J connectivity index is 0.000000187. The van der Waals surface area contributed by atoms with Gasteiger partial charge in [0, 0.05) is 0 Å². The molecular weight excluding hydrogens is 178 g/mol. The first kappa shape index (κ1) is 10.1. The van der Waals surface area contributed by atoms with Gasteiger partial charge >= 0.3 is 6.33 Å². The smallest absolute Gasteiger partial charge is 0.247 e. The summed E-state index contributed by atoms with van der Waals surface area (Å²) in [5.41, 5.74) is 0. The minimum Gasteiger partial charge on any atom is -0.247 e. The normalized spacial score (nSPS) is 9.82. The molecule has 1 heterocycles. The van der Waals surface area contributed by atoms with Crippen LogP contribution in [0.4, 0.5) is 0 Å². The van der Waals surface area contributed by atoms with E-state index in [4.69, 9.17) is 18.6 Å². The third kappa shape index (κ3) is 17.6. The molecule has 1 aromatic heterocycles. The number of H-pyrrole nitrogens is 1. The highest BCUT2D eigenvalue weighted by molar-refractivity contribution is 4.47. The second kappa shape index (κ2) is 4.88. The third-order valence-electron chi connectivity index (χ3n) is 0.436. The van der Waals surface area contributed by atoms with Gasteiger partial charge in [-0.2, -0.15) is 0 Å². The molecule has 0 spiro atoms. The Morgan fingerprint density at radius 3 is 1.73 bits per heavy atom. The lowest BCUT2D eigenvalue weighted by Crippen LogP contribution is -2.68. The molecule has 0 radical (unpaired) electrons. The summed E-state index contributed by atoms with van der Waals surface area (Å²) >= 11 is 0. The van der Waals surface area contributed by atoms with Crippen LogP contribution in [0.2, 0.25) is 0 Å². The minimum atomic E-state index is -4.94. The van der Waals surface area contributed by atoms with Crippen LogP contribution in [0.5, 0.6) is 0 Å². The lowest BCUT2D eigenvalue weighted by molar-refractivity contribution is -2.00. The Bertz CT molecular complexity index is 145. The fraction of sp³-hybridized carbons (Fsp3) is 0. The van der Waals surface area contributed by atoms with Crippen molar-refractivity contribution in [3.8, 4) is 0 Å². The van der Waals surface area contributed by atoms with Gasteiger partial charge in [0.2, 0.25) is 0 Å². The van der Waals surface area contributed by atoms with Crippen LogP contribution in [0.15, 0.2) is 18.7 Å². The molecule has 0 amide bonds. The number of aromatic nitrogens is 3. The van der Waals surface area contributed by atoms with Gasteiger partial charge in [-0.1, -0.05) is 0 Å². The number of hydrogen-bond donors (Lipinski definition) is 0. The monoisotopic (exact) mass is 181 g/mol. The van der Waals surface area contributed by atoms with E-state index >= 15 is 0 Å². The third-order valence-corrected chi connectivity index (χ3v) is 0.436. The molecule has 8 heteroatoms. The molecule has 62 valence electrons. The van der Waals surface area contributed by atoms with E-state index in [0.29, 0.717) is 0 Å². The Morgan fingerprint density at radius 2 is 1.64 bits per heavy atom. The van der Waals surface area contributed by atoms with Crippen LogP contribution in [0, 0.1) is 10.2 Å². The number of hydrogen-bond acceptors (Lipinski definition) is 6. The molecule has 1 aromatic rings. The van der Waals surface area contributed by atoms with E-state index in [1.54, 1.807) is 12.4 Å². The van der Waals surface area contributed by atoms with Crippen molar-refractivity contribution in [1.82, 2.24) is 10.2 Å². The number of aromatic amines is 1. The van der Waals surface area contributed by atoms with Gasteiger partial charge in [0.25, 0.3) is 0 Å². The molecule has 1 N–H and O–H groups in total. The minimum absolute atomic E-state index is 1.51. The average molecular weight is 182 g/mol. The molecule has 0 aliphatic rings.